The first-order valence-electron chi connectivity index (χ1n) is 8.29. The van der Waals surface area contributed by atoms with Gasteiger partial charge in [-0.3, -0.25) is 0 Å². The molecule has 2 aromatic carbocycles. The second-order valence-electron chi connectivity index (χ2n) is 6.05. The second-order valence-corrected chi connectivity index (χ2v) is 6.05. The maximum atomic E-state index is 14.8. The lowest BCUT2D eigenvalue weighted by molar-refractivity contribution is 0.387. The molecule has 4 aromatic rings. The largest absolute Gasteiger partial charge is 0.494 e. The van der Waals surface area contributed by atoms with Crippen LogP contribution in [0.2, 0.25) is 0 Å². The van der Waals surface area contributed by atoms with Crippen LogP contribution in [0.4, 0.5) is 10.1 Å². The SMILES string of the molecule is CCn1cc2nc3c(-c4cccc(OC)c4F)cccc3c(N)c2c1O. The number of hydrogen-bond donors (Lipinski definition) is 2. The molecule has 6 heteroatoms. The van der Waals surface area contributed by atoms with E-state index in [2.05, 4.69) is 4.98 Å². The number of methoxy groups -OCH3 is 1. The third-order valence-electron chi connectivity index (χ3n) is 4.67. The van der Waals surface area contributed by atoms with Gasteiger partial charge in [0.05, 0.1) is 29.2 Å². The van der Waals surface area contributed by atoms with Crippen LogP contribution in [0.15, 0.2) is 42.6 Å². The van der Waals surface area contributed by atoms with E-state index in [0.29, 0.717) is 45.2 Å². The Hall–Kier alpha value is -3.28. The lowest BCUT2D eigenvalue weighted by Crippen LogP contribution is -1.95. The molecule has 2 heterocycles. The van der Waals surface area contributed by atoms with E-state index in [1.165, 1.54) is 7.11 Å². The summed E-state index contributed by atoms with van der Waals surface area (Å²) in [6.45, 7) is 2.51. The first-order chi connectivity index (χ1) is 12.6. The Morgan fingerprint density at radius 1 is 1.19 bits per heavy atom. The number of pyridine rings is 1. The normalized spacial score (nSPS) is 11.3. The van der Waals surface area contributed by atoms with Crippen molar-refractivity contribution < 1.29 is 14.2 Å². The summed E-state index contributed by atoms with van der Waals surface area (Å²) in [5.41, 5.74) is 8.93. The predicted octanol–water partition coefficient (Wildman–Crippen LogP) is 4.31. The van der Waals surface area contributed by atoms with Crippen LogP contribution in [-0.4, -0.2) is 21.8 Å². The molecule has 0 saturated heterocycles. The van der Waals surface area contributed by atoms with Gasteiger partial charge in [-0.25, -0.2) is 9.37 Å². The molecule has 0 aliphatic carbocycles. The quantitative estimate of drug-likeness (QED) is 0.577. The summed E-state index contributed by atoms with van der Waals surface area (Å²) in [7, 11) is 1.43. The molecule has 0 amide bonds. The number of hydrogen-bond acceptors (Lipinski definition) is 4. The van der Waals surface area contributed by atoms with Crippen molar-refractivity contribution in [1.82, 2.24) is 9.55 Å². The minimum absolute atomic E-state index is 0.0902. The number of rotatable bonds is 3. The molecule has 132 valence electrons. The van der Waals surface area contributed by atoms with Crippen LogP contribution in [0.5, 0.6) is 11.6 Å². The zero-order chi connectivity index (χ0) is 18.4. The van der Waals surface area contributed by atoms with Crippen molar-refractivity contribution in [2.45, 2.75) is 13.5 Å². The van der Waals surface area contributed by atoms with Crippen molar-refractivity contribution in [2.24, 2.45) is 0 Å². The van der Waals surface area contributed by atoms with Gasteiger partial charge in [0, 0.05) is 29.3 Å². The van der Waals surface area contributed by atoms with E-state index >= 15 is 0 Å². The molecule has 0 aliphatic heterocycles. The summed E-state index contributed by atoms with van der Waals surface area (Å²) >= 11 is 0. The van der Waals surface area contributed by atoms with E-state index in [0.717, 1.165) is 0 Å². The molecule has 0 bridgehead atoms. The van der Waals surface area contributed by atoms with Crippen LogP contribution in [-0.2, 0) is 6.54 Å². The first-order valence-corrected chi connectivity index (χ1v) is 8.29. The molecule has 26 heavy (non-hydrogen) atoms. The standard InChI is InChI=1S/C20H18FN3O2/c1-3-24-10-14-16(20(24)25)18(22)13-8-4-7-12(19(13)23-14)11-6-5-9-15(26-2)17(11)21/h4-10,25H,3,22H2,1-2H3. The number of anilines is 1. The molecule has 0 saturated carbocycles. The van der Waals surface area contributed by atoms with Crippen molar-refractivity contribution in [3.63, 3.8) is 0 Å². The average Bonchev–Trinajstić information content (AvgIpc) is 2.98. The zero-order valence-corrected chi connectivity index (χ0v) is 14.5. The Bertz CT molecular complexity index is 1150. The Morgan fingerprint density at radius 3 is 2.65 bits per heavy atom. The molecule has 0 fully saturated rings. The monoisotopic (exact) mass is 351 g/mol. The Kier molecular flexibility index (Phi) is 3.68. The molecule has 3 N–H and O–H groups in total. The molecule has 2 aromatic heterocycles. The maximum absolute atomic E-state index is 14.8. The number of para-hydroxylation sites is 1. The number of halogens is 1. The molecule has 5 nitrogen and oxygen atoms in total. The van der Waals surface area contributed by atoms with Gasteiger partial charge in [-0.05, 0) is 13.0 Å². The third kappa shape index (κ3) is 2.19. The minimum Gasteiger partial charge on any atom is -0.494 e. The molecule has 0 aliphatic rings. The van der Waals surface area contributed by atoms with Crippen LogP contribution in [0, 0.1) is 5.82 Å². The lowest BCUT2D eigenvalue weighted by atomic mass is 9.99. The highest BCUT2D eigenvalue weighted by Crippen LogP contribution is 2.40. The van der Waals surface area contributed by atoms with Crippen molar-refractivity contribution in [3.8, 4) is 22.8 Å². The fraction of sp³-hybridized carbons (Fsp3) is 0.150. The van der Waals surface area contributed by atoms with Crippen molar-refractivity contribution in [3.05, 3.63) is 48.4 Å². The van der Waals surface area contributed by atoms with Gasteiger partial charge in [0.2, 0.25) is 5.88 Å². The number of aromatic nitrogens is 2. The van der Waals surface area contributed by atoms with E-state index in [9.17, 15) is 9.50 Å². The van der Waals surface area contributed by atoms with Gasteiger partial charge >= 0.3 is 0 Å². The van der Waals surface area contributed by atoms with Gasteiger partial charge in [0.1, 0.15) is 0 Å². The highest BCUT2D eigenvalue weighted by molar-refractivity contribution is 6.12. The van der Waals surface area contributed by atoms with E-state index in [4.69, 9.17) is 10.5 Å². The molecular weight excluding hydrogens is 333 g/mol. The number of nitrogens with two attached hydrogens (primary N) is 1. The topological polar surface area (TPSA) is 73.3 Å². The highest BCUT2D eigenvalue weighted by atomic mass is 19.1. The zero-order valence-electron chi connectivity index (χ0n) is 14.5. The van der Waals surface area contributed by atoms with Gasteiger partial charge in [-0.15, -0.1) is 0 Å². The molecule has 0 atom stereocenters. The first kappa shape index (κ1) is 16.2. The van der Waals surface area contributed by atoms with Crippen LogP contribution in [0.25, 0.3) is 32.9 Å². The van der Waals surface area contributed by atoms with Gasteiger partial charge in [0.15, 0.2) is 11.6 Å². The number of nitrogens with zero attached hydrogens (tertiary/aromatic N) is 2. The van der Waals surface area contributed by atoms with E-state index in [-0.39, 0.29) is 11.6 Å². The summed E-state index contributed by atoms with van der Waals surface area (Å²) in [5, 5.41) is 11.6. The molecule has 0 radical (unpaired) electrons. The van der Waals surface area contributed by atoms with E-state index in [1.54, 1.807) is 41.1 Å². The van der Waals surface area contributed by atoms with Crippen LogP contribution in [0.1, 0.15) is 6.92 Å². The smallest absolute Gasteiger partial charge is 0.202 e. The van der Waals surface area contributed by atoms with Gasteiger partial charge in [-0.2, -0.15) is 0 Å². The van der Waals surface area contributed by atoms with Crippen molar-refractivity contribution >= 4 is 27.5 Å². The average molecular weight is 351 g/mol. The number of ether oxygens (including phenoxy) is 1. The summed E-state index contributed by atoms with van der Waals surface area (Å²) in [4.78, 5) is 4.67. The number of benzene rings is 2. The van der Waals surface area contributed by atoms with Gasteiger partial charge in [0.25, 0.3) is 0 Å². The number of aromatic hydroxyl groups is 1. The molecule has 0 spiro atoms. The Morgan fingerprint density at radius 2 is 1.92 bits per heavy atom. The van der Waals surface area contributed by atoms with Crippen molar-refractivity contribution in [2.75, 3.05) is 12.8 Å². The van der Waals surface area contributed by atoms with E-state index in [1.807, 2.05) is 13.0 Å². The van der Waals surface area contributed by atoms with Crippen LogP contribution < -0.4 is 10.5 Å². The summed E-state index contributed by atoms with van der Waals surface area (Å²) < 4.78 is 21.6. The molecule has 0 unspecified atom stereocenters. The number of aryl methyl sites for hydroxylation is 1. The molecule has 4 rings (SSSR count). The minimum atomic E-state index is -0.447. The fourth-order valence-corrected chi connectivity index (χ4v) is 3.35. The molecular formula is C20H18FN3O2. The Balaban J connectivity index is 2.10. The number of fused-ring (bicyclic) bond motifs is 2. The van der Waals surface area contributed by atoms with Gasteiger partial charge in [-0.1, -0.05) is 30.3 Å². The third-order valence-corrected chi connectivity index (χ3v) is 4.67. The van der Waals surface area contributed by atoms with Crippen LogP contribution >= 0.6 is 0 Å². The van der Waals surface area contributed by atoms with Gasteiger partial charge < -0.3 is 20.1 Å². The summed E-state index contributed by atoms with van der Waals surface area (Å²) in [6, 6.07) is 10.4. The highest BCUT2D eigenvalue weighted by Gasteiger charge is 2.19. The Labute approximate surface area is 149 Å². The second kappa shape index (κ2) is 5.91. The van der Waals surface area contributed by atoms with Crippen LogP contribution in [0.3, 0.4) is 0 Å². The summed E-state index contributed by atoms with van der Waals surface area (Å²) in [6.07, 6.45) is 1.75. The number of nitrogen functional groups attached to an aromatic ring is 1. The summed E-state index contributed by atoms with van der Waals surface area (Å²) in [5.74, 6) is -0.187. The van der Waals surface area contributed by atoms with E-state index < -0.39 is 5.82 Å². The predicted molar refractivity (Wildman–Crippen MR) is 101 cm³/mol. The lowest BCUT2D eigenvalue weighted by Gasteiger charge is -2.11. The van der Waals surface area contributed by atoms with Crippen molar-refractivity contribution in [1.29, 1.82) is 0 Å². The maximum Gasteiger partial charge on any atom is 0.202 e. The fourth-order valence-electron chi connectivity index (χ4n) is 3.35.